The standard InChI is InChI=1S/C23H21FN2O3S/c24-20-9-11-21(12-10-20)30(28,29)26-16-14-25(15-17-26)23(27)13-8-19-6-3-5-18-4-1-2-7-22(18)19/h1-13H,14-17H2/b13-8+. The van der Waals surface area contributed by atoms with Crippen molar-refractivity contribution in [2.45, 2.75) is 4.90 Å². The van der Waals surface area contributed by atoms with Gasteiger partial charge in [0.15, 0.2) is 0 Å². The number of halogens is 1. The van der Waals surface area contributed by atoms with Crippen LogP contribution in [0.4, 0.5) is 4.39 Å². The topological polar surface area (TPSA) is 57.7 Å². The molecule has 3 aromatic rings. The molecule has 0 unspecified atom stereocenters. The first-order chi connectivity index (χ1) is 14.4. The summed E-state index contributed by atoms with van der Waals surface area (Å²) in [6.45, 7) is 1.01. The SMILES string of the molecule is O=C(/C=C/c1cccc2ccccc12)N1CCN(S(=O)(=O)c2ccc(F)cc2)CC1. The molecule has 7 heteroatoms. The van der Waals surface area contributed by atoms with Crippen LogP contribution in [-0.4, -0.2) is 49.7 Å². The van der Waals surface area contributed by atoms with E-state index in [1.807, 2.05) is 42.5 Å². The molecule has 0 aliphatic carbocycles. The first-order valence-corrected chi connectivity index (χ1v) is 11.1. The second-order valence-corrected chi connectivity index (χ2v) is 9.02. The molecule has 1 aliphatic rings. The Kier molecular flexibility index (Phi) is 5.65. The maximum atomic E-state index is 13.1. The van der Waals surface area contributed by atoms with E-state index in [9.17, 15) is 17.6 Å². The second-order valence-electron chi connectivity index (χ2n) is 7.09. The average molecular weight is 424 g/mol. The molecule has 0 N–H and O–H groups in total. The van der Waals surface area contributed by atoms with Gasteiger partial charge in [0, 0.05) is 32.3 Å². The Hall–Kier alpha value is -3.03. The van der Waals surface area contributed by atoms with Crippen LogP contribution in [0.5, 0.6) is 0 Å². The molecule has 0 spiro atoms. The Morgan fingerprint density at radius 2 is 1.53 bits per heavy atom. The van der Waals surface area contributed by atoms with Crippen molar-refractivity contribution < 1.29 is 17.6 Å². The van der Waals surface area contributed by atoms with Gasteiger partial charge in [-0.3, -0.25) is 4.79 Å². The fourth-order valence-corrected chi connectivity index (χ4v) is 4.99. The summed E-state index contributed by atoms with van der Waals surface area (Å²) in [5.74, 6) is -0.635. The van der Waals surface area contributed by atoms with Crippen LogP contribution in [-0.2, 0) is 14.8 Å². The van der Waals surface area contributed by atoms with Crippen LogP contribution in [0.3, 0.4) is 0 Å². The van der Waals surface area contributed by atoms with Crippen LogP contribution < -0.4 is 0 Å². The van der Waals surface area contributed by atoms with Gasteiger partial charge in [-0.15, -0.1) is 0 Å². The van der Waals surface area contributed by atoms with Crippen molar-refractivity contribution in [3.8, 4) is 0 Å². The van der Waals surface area contributed by atoms with Gasteiger partial charge in [-0.05, 0) is 46.7 Å². The van der Waals surface area contributed by atoms with E-state index in [2.05, 4.69) is 0 Å². The van der Waals surface area contributed by atoms with Crippen LogP contribution in [0, 0.1) is 5.82 Å². The lowest BCUT2D eigenvalue weighted by molar-refractivity contribution is -0.127. The number of amides is 1. The van der Waals surface area contributed by atoms with Crippen molar-refractivity contribution >= 4 is 32.8 Å². The van der Waals surface area contributed by atoms with Gasteiger partial charge in [-0.1, -0.05) is 42.5 Å². The van der Waals surface area contributed by atoms with Gasteiger partial charge in [-0.25, -0.2) is 12.8 Å². The minimum absolute atomic E-state index is 0.0551. The molecule has 1 saturated heterocycles. The fraction of sp³-hybridized carbons (Fsp3) is 0.174. The van der Waals surface area contributed by atoms with Crippen molar-refractivity contribution in [1.29, 1.82) is 0 Å². The third-order valence-corrected chi connectivity index (χ3v) is 7.14. The van der Waals surface area contributed by atoms with E-state index in [0.29, 0.717) is 13.1 Å². The molecule has 154 valence electrons. The lowest BCUT2D eigenvalue weighted by Gasteiger charge is -2.33. The third-order valence-electron chi connectivity index (χ3n) is 5.23. The fourth-order valence-electron chi connectivity index (χ4n) is 3.57. The number of nitrogens with zero attached hydrogens (tertiary/aromatic N) is 2. The number of piperazine rings is 1. The third kappa shape index (κ3) is 4.13. The first kappa shape index (κ1) is 20.3. The molecule has 3 aromatic carbocycles. The number of rotatable bonds is 4. The highest BCUT2D eigenvalue weighted by atomic mass is 32.2. The normalized spacial score (nSPS) is 15.7. The molecule has 4 rings (SSSR count). The lowest BCUT2D eigenvalue weighted by Crippen LogP contribution is -2.50. The second kappa shape index (κ2) is 8.38. The number of sulfonamides is 1. The molecular formula is C23H21FN2O3S. The smallest absolute Gasteiger partial charge is 0.246 e. The summed E-state index contributed by atoms with van der Waals surface area (Å²) in [4.78, 5) is 14.3. The summed E-state index contributed by atoms with van der Waals surface area (Å²) >= 11 is 0. The molecule has 1 heterocycles. The van der Waals surface area contributed by atoms with Crippen LogP contribution in [0.2, 0.25) is 0 Å². The molecule has 0 radical (unpaired) electrons. The molecule has 0 aromatic heterocycles. The van der Waals surface area contributed by atoms with Gasteiger partial charge in [0.25, 0.3) is 0 Å². The summed E-state index contributed by atoms with van der Waals surface area (Å²) in [7, 11) is -3.70. The number of hydrogen-bond acceptors (Lipinski definition) is 3. The molecule has 5 nitrogen and oxygen atoms in total. The number of fused-ring (bicyclic) bond motifs is 1. The van der Waals surface area contributed by atoms with E-state index in [4.69, 9.17) is 0 Å². The predicted octanol–water partition coefficient (Wildman–Crippen LogP) is 3.53. The van der Waals surface area contributed by atoms with E-state index in [1.54, 1.807) is 11.0 Å². The highest BCUT2D eigenvalue weighted by Crippen LogP contribution is 2.21. The van der Waals surface area contributed by atoms with Gasteiger partial charge in [-0.2, -0.15) is 4.31 Å². The van der Waals surface area contributed by atoms with E-state index < -0.39 is 15.8 Å². The molecule has 0 saturated carbocycles. The quantitative estimate of drug-likeness (QED) is 0.602. The van der Waals surface area contributed by atoms with E-state index in [1.165, 1.54) is 22.5 Å². The average Bonchev–Trinajstić information content (AvgIpc) is 2.78. The minimum Gasteiger partial charge on any atom is -0.337 e. The highest BCUT2D eigenvalue weighted by Gasteiger charge is 2.29. The summed E-state index contributed by atoms with van der Waals surface area (Å²) in [5, 5.41) is 2.17. The summed E-state index contributed by atoms with van der Waals surface area (Å²) in [6, 6.07) is 18.7. The van der Waals surface area contributed by atoms with Crippen LogP contribution in [0.15, 0.2) is 77.7 Å². The zero-order chi connectivity index (χ0) is 21.1. The largest absolute Gasteiger partial charge is 0.337 e. The van der Waals surface area contributed by atoms with E-state index in [-0.39, 0.29) is 23.9 Å². The summed E-state index contributed by atoms with van der Waals surface area (Å²) < 4.78 is 39.8. The van der Waals surface area contributed by atoms with Gasteiger partial charge < -0.3 is 4.90 Å². The maximum absolute atomic E-state index is 13.1. The van der Waals surface area contributed by atoms with Crippen LogP contribution in [0.25, 0.3) is 16.8 Å². The van der Waals surface area contributed by atoms with Crippen molar-refractivity contribution in [3.63, 3.8) is 0 Å². The number of benzene rings is 3. The zero-order valence-corrected chi connectivity index (χ0v) is 17.1. The van der Waals surface area contributed by atoms with Gasteiger partial charge >= 0.3 is 0 Å². The van der Waals surface area contributed by atoms with E-state index in [0.717, 1.165) is 28.5 Å². The molecule has 30 heavy (non-hydrogen) atoms. The van der Waals surface area contributed by atoms with Crippen LogP contribution >= 0.6 is 0 Å². The molecular weight excluding hydrogens is 403 g/mol. The number of carbonyl (C=O) groups is 1. The maximum Gasteiger partial charge on any atom is 0.246 e. The molecule has 0 atom stereocenters. The molecule has 1 aliphatic heterocycles. The summed E-state index contributed by atoms with van der Waals surface area (Å²) in [5.41, 5.74) is 0.957. The van der Waals surface area contributed by atoms with Crippen molar-refractivity contribution in [2.24, 2.45) is 0 Å². The minimum atomic E-state index is -3.70. The van der Waals surface area contributed by atoms with Gasteiger partial charge in [0.1, 0.15) is 5.82 Å². The predicted molar refractivity (Wildman–Crippen MR) is 115 cm³/mol. The van der Waals surface area contributed by atoms with Gasteiger partial charge in [0.2, 0.25) is 15.9 Å². The van der Waals surface area contributed by atoms with Gasteiger partial charge in [0.05, 0.1) is 4.90 Å². The van der Waals surface area contributed by atoms with Crippen LogP contribution in [0.1, 0.15) is 5.56 Å². The lowest BCUT2D eigenvalue weighted by atomic mass is 10.0. The Morgan fingerprint density at radius 3 is 2.27 bits per heavy atom. The highest BCUT2D eigenvalue weighted by molar-refractivity contribution is 7.89. The number of carbonyl (C=O) groups excluding carboxylic acids is 1. The van der Waals surface area contributed by atoms with Crippen molar-refractivity contribution in [1.82, 2.24) is 9.21 Å². The first-order valence-electron chi connectivity index (χ1n) is 9.66. The monoisotopic (exact) mass is 424 g/mol. The Balaban J connectivity index is 1.42. The molecule has 1 amide bonds. The summed E-state index contributed by atoms with van der Waals surface area (Å²) in [6.07, 6.45) is 3.33. The number of hydrogen-bond donors (Lipinski definition) is 0. The Morgan fingerprint density at radius 1 is 0.867 bits per heavy atom. The molecule has 0 bridgehead atoms. The van der Waals surface area contributed by atoms with E-state index >= 15 is 0 Å². The Bertz CT molecular complexity index is 1190. The van der Waals surface area contributed by atoms with Crippen molar-refractivity contribution in [3.05, 3.63) is 84.2 Å². The van der Waals surface area contributed by atoms with Crippen molar-refractivity contribution in [2.75, 3.05) is 26.2 Å². The molecule has 1 fully saturated rings. The Labute approximate surface area is 175 Å². The zero-order valence-electron chi connectivity index (χ0n) is 16.2.